The number of hydrogen-bond acceptors (Lipinski definition) is 4. The third kappa shape index (κ3) is 4.12. The van der Waals surface area contributed by atoms with Crippen LogP contribution in [0.15, 0.2) is 18.3 Å². The maximum absolute atomic E-state index is 12.6. The van der Waals surface area contributed by atoms with Crippen molar-refractivity contribution in [1.29, 1.82) is 0 Å². The second-order valence-electron chi connectivity index (χ2n) is 6.70. The lowest BCUT2D eigenvalue weighted by Crippen LogP contribution is -2.49. The Kier molecular flexibility index (Phi) is 5.29. The number of alkyl halides is 3. The van der Waals surface area contributed by atoms with Crippen molar-refractivity contribution in [3.8, 4) is 0 Å². The smallest absolute Gasteiger partial charge is 0.383 e. The molecule has 4 heterocycles. The molecule has 2 bridgehead atoms. The molecule has 0 unspecified atom stereocenters. The monoisotopic (exact) mass is 357 g/mol. The van der Waals surface area contributed by atoms with E-state index in [4.69, 9.17) is 4.74 Å². The minimum atomic E-state index is -4.42. The highest BCUT2D eigenvalue weighted by molar-refractivity contribution is 5.80. The van der Waals surface area contributed by atoms with E-state index in [-0.39, 0.29) is 17.9 Å². The van der Waals surface area contributed by atoms with Gasteiger partial charge in [-0.25, -0.2) is 0 Å². The van der Waals surface area contributed by atoms with Gasteiger partial charge in [0.25, 0.3) is 0 Å². The number of carbonyl (C=O) groups is 1. The Morgan fingerprint density at radius 3 is 2.72 bits per heavy atom. The lowest BCUT2D eigenvalue weighted by Gasteiger charge is -2.35. The van der Waals surface area contributed by atoms with E-state index in [0.29, 0.717) is 26.2 Å². The van der Waals surface area contributed by atoms with Gasteiger partial charge in [-0.05, 0) is 24.5 Å². The highest BCUT2D eigenvalue weighted by Crippen LogP contribution is 2.30. The van der Waals surface area contributed by atoms with Crippen LogP contribution >= 0.6 is 0 Å². The molecule has 3 saturated heterocycles. The van der Waals surface area contributed by atoms with Gasteiger partial charge in [0.15, 0.2) is 0 Å². The second-order valence-corrected chi connectivity index (χ2v) is 6.70. The van der Waals surface area contributed by atoms with E-state index < -0.39 is 11.9 Å². The van der Waals surface area contributed by atoms with Gasteiger partial charge in [0, 0.05) is 45.5 Å². The van der Waals surface area contributed by atoms with Gasteiger partial charge >= 0.3 is 6.18 Å². The number of ether oxygens (including phenoxy) is 1. The Bertz CT molecular complexity index is 606. The molecule has 1 aromatic heterocycles. The minimum Gasteiger partial charge on any atom is -0.383 e. The van der Waals surface area contributed by atoms with E-state index >= 15 is 0 Å². The van der Waals surface area contributed by atoms with Crippen molar-refractivity contribution in [1.82, 2.24) is 14.8 Å². The number of halogens is 3. The number of amides is 1. The summed E-state index contributed by atoms with van der Waals surface area (Å²) in [5, 5.41) is 0. The molecule has 138 valence electrons. The van der Waals surface area contributed by atoms with E-state index in [2.05, 4.69) is 9.88 Å². The largest absolute Gasteiger partial charge is 0.433 e. The molecule has 3 aliphatic rings. The number of carbonyl (C=O) groups excluding carboxylic acids is 1. The van der Waals surface area contributed by atoms with Gasteiger partial charge in [0.1, 0.15) is 5.69 Å². The first-order chi connectivity index (χ1) is 11.9. The molecule has 0 aliphatic carbocycles. The van der Waals surface area contributed by atoms with Crippen molar-refractivity contribution in [3.63, 3.8) is 0 Å². The fraction of sp³-hybridized carbons (Fsp3) is 0.647. The zero-order chi connectivity index (χ0) is 18.0. The number of pyridine rings is 1. The van der Waals surface area contributed by atoms with Crippen LogP contribution < -0.4 is 0 Å². The summed E-state index contributed by atoms with van der Waals surface area (Å²) in [6.07, 6.45) is -1.31. The summed E-state index contributed by atoms with van der Waals surface area (Å²) in [4.78, 5) is 20.1. The number of aromatic nitrogens is 1. The van der Waals surface area contributed by atoms with Gasteiger partial charge in [-0.1, -0.05) is 6.07 Å². The molecule has 4 rings (SSSR count). The Morgan fingerprint density at radius 2 is 2.08 bits per heavy atom. The van der Waals surface area contributed by atoms with Gasteiger partial charge in [-0.2, -0.15) is 13.2 Å². The third-order valence-corrected chi connectivity index (χ3v) is 4.93. The van der Waals surface area contributed by atoms with Crippen molar-refractivity contribution in [2.45, 2.75) is 31.6 Å². The summed E-state index contributed by atoms with van der Waals surface area (Å²) in [7, 11) is 1.62. The number of piperidine rings is 1. The molecule has 0 N–H and O–H groups in total. The van der Waals surface area contributed by atoms with Crippen LogP contribution in [0.25, 0.3) is 0 Å². The van der Waals surface area contributed by atoms with Crippen LogP contribution in [0.1, 0.15) is 24.1 Å². The summed E-state index contributed by atoms with van der Waals surface area (Å²) < 4.78 is 42.9. The topological polar surface area (TPSA) is 45.7 Å². The van der Waals surface area contributed by atoms with Crippen molar-refractivity contribution in [2.75, 3.05) is 33.4 Å². The van der Waals surface area contributed by atoms with Crippen LogP contribution in [0.2, 0.25) is 0 Å². The summed E-state index contributed by atoms with van der Waals surface area (Å²) in [5.74, 6) is 0.124. The van der Waals surface area contributed by atoms with E-state index in [1.807, 2.05) is 4.90 Å². The molecule has 0 radical (unpaired) electrons. The standard InChI is InChI=1S/C17H22F3N3O2/c1-25-7-6-23-14-4-3-13(16(23)24)10-22(11-14)9-12-2-5-15(21-8-12)17(18,19)20/h2,5,8,13-14H,3-4,6-7,9-11H2,1H3/t13-,14+/m1/s1. The molecule has 3 fully saturated rings. The molecule has 0 spiro atoms. The van der Waals surface area contributed by atoms with Crippen LogP contribution in [0.4, 0.5) is 13.2 Å². The van der Waals surface area contributed by atoms with E-state index in [1.165, 1.54) is 12.3 Å². The molecular weight excluding hydrogens is 335 g/mol. The average molecular weight is 357 g/mol. The van der Waals surface area contributed by atoms with Gasteiger partial charge in [0.2, 0.25) is 5.91 Å². The molecule has 5 nitrogen and oxygen atoms in total. The van der Waals surface area contributed by atoms with Crippen LogP contribution in [0.5, 0.6) is 0 Å². The Balaban J connectivity index is 1.67. The second kappa shape index (κ2) is 7.29. The number of nitrogens with zero attached hydrogens (tertiary/aromatic N) is 3. The summed E-state index contributed by atoms with van der Waals surface area (Å²) >= 11 is 0. The lowest BCUT2D eigenvalue weighted by atomic mass is 9.94. The zero-order valence-corrected chi connectivity index (χ0v) is 14.1. The third-order valence-electron chi connectivity index (χ3n) is 4.93. The van der Waals surface area contributed by atoms with Gasteiger partial charge in [-0.15, -0.1) is 0 Å². The highest BCUT2D eigenvalue weighted by Gasteiger charge is 2.40. The fourth-order valence-corrected chi connectivity index (χ4v) is 3.69. The maximum atomic E-state index is 12.6. The Labute approximate surface area is 144 Å². The van der Waals surface area contributed by atoms with Crippen molar-refractivity contribution in [3.05, 3.63) is 29.6 Å². The molecule has 8 heteroatoms. The number of hydrogen-bond donors (Lipinski definition) is 0. The molecule has 3 aliphatic heterocycles. The van der Waals surface area contributed by atoms with Crippen molar-refractivity contribution < 1.29 is 22.7 Å². The molecule has 25 heavy (non-hydrogen) atoms. The summed E-state index contributed by atoms with van der Waals surface area (Å²) in [5.41, 5.74) is -0.154. The lowest BCUT2D eigenvalue weighted by molar-refractivity contribution is -0.141. The van der Waals surface area contributed by atoms with Crippen LogP contribution in [-0.4, -0.2) is 60.1 Å². The van der Waals surface area contributed by atoms with Gasteiger partial charge < -0.3 is 9.64 Å². The molecule has 0 saturated carbocycles. The molecule has 1 aromatic rings. The maximum Gasteiger partial charge on any atom is 0.433 e. The first-order valence-electron chi connectivity index (χ1n) is 8.42. The average Bonchev–Trinajstić information content (AvgIpc) is 2.83. The van der Waals surface area contributed by atoms with Crippen LogP contribution in [0, 0.1) is 5.92 Å². The number of fused-ring (bicyclic) bond motifs is 4. The normalized spacial score (nSPS) is 24.6. The Morgan fingerprint density at radius 1 is 1.28 bits per heavy atom. The quantitative estimate of drug-likeness (QED) is 0.810. The van der Waals surface area contributed by atoms with Crippen molar-refractivity contribution >= 4 is 5.91 Å². The zero-order valence-electron chi connectivity index (χ0n) is 14.1. The number of methoxy groups -OCH3 is 1. The van der Waals surface area contributed by atoms with E-state index in [1.54, 1.807) is 7.11 Å². The highest BCUT2D eigenvalue weighted by atomic mass is 19.4. The van der Waals surface area contributed by atoms with E-state index in [0.717, 1.165) is 31.0 Å². The predicted molar refractivity (Wildman–Crippen MR) is 84.6 cm³/mol. The molecular formula is C17H22F3N3O2. The van der Waals surface area contributed by atoms with Crippen LogP contribution in [0.3, 0.4) is 0 Å². The number of rotatable bonds is 5. The van der Waals surface area contributed by atoms with Gasteiger partial charge in [0.05, 0.1) is 12.5 Å². The molecule has 1 amide bonds. The minimum absolute atomic E-state index is 0.0435. The fourth-order valence-electron chi connectivity index (χ4n) is 3.69. The summed E-state index contributed by atoms with van der Waals surface area (Å²) in [6.45, 7) is 2.97. The predicted octanol–water partition coefficient (Wildman–Crippen LogP) is 2.17. The first kappa shape index (κ1) is 18.1. The molecule has 0 aromatic carbocycles. The van der Waals surface area contributed by atoms with E-state index in [9.17, 15) is 18.0 Å². The molecule has 2 atom stereocenters. The SMILES string of the molecule is COCCN1C(=O)[C@@H]2CC[C@H]1CN(Cc1ccc(C(F)(F)F)nc1)C2. The summed E-state index contributed by atoms with van der Waals surface area (Å²) in [6, 6.07) is 2.62. The Hall–Kier alpha value is -1.67. The van der Waals surface area contributed by atoms with Crippen LogP contribution in [-0.2, 0) is 22.3 Å². The van der Waals surface area contributed by atoms with Gasteiger partial charge in [-0.3, -0.25) is 14.7 Å². The van der Waals surface area contributed by atoms with Crippen molar-refractivity contribution in [2.24, 2.45) is 5.92 Å². The first-order valence-corrected chi connectivity index (χ1v) is 8.42.